The van der Waals surface area contributed by atoms with Crippen LogP contribution in [0.25, 0.3) is 0 Å². The maximum Gasteiger partial charge on any atom is 0.267 e. The first-order valence-corrected chi connectivity index (χ1v) is 8.40. The molecule has 5 heteroatoms. The highest BCUT2D eigenvalue weighted by atomic mass is 16.5. The Morgan fingerprint density at radius 2 is 1.80 bits per heavy atom. The van der Waals surface area contributed by atoms with E-state index in [4.69, 9.17) is 4.74 Å². The van der Waals surface area contributed by atoms with Gasteiger partial charge in [-0.25, -0.2) is 0 Å². The highest BCUT2D eigenvalue weighted by molar-refractivity contribution is 6.01. The van der Waals surface area contributed by atoms with Crippen LogP contribution in [0.2, 0.25) is 0 Å². The summed E-state index contributed by atoms with van der Waals surface area (Å²) in [5, 5.41) is 2.96. The monoisotopic (exact) mass is 338 g/mol. The van der Waals surface area contributed by atoms with Crippen LogP contribution >= 0.6 is 0 Å². The first-order chi connectivity index (χ1) is 12.0. The molecular formula is C20H22N2O3. The Labute approximate surface area is 147 Å². The van der Waals surface area contributed by atoms with E-state index in [2.05, 4.69) is 5.32 Å². The number of para-hydroxylation sites is 3. The summed E-state index contributed by atoms with van der Waals surface area (Å²) in [6.45, 7) is 5.97. The molecule has 3 rings (SSSR count). The molecule has 2 aromatic rings. The summed E-state index contributed by atoms with van der Waals surface area (Å²) in [4.78, 5) is 26.4. The predicted molar refractivity (Wildman–Crippen MR) is 98.0 cm³/mol. The van der Waals surface area contributed by atoms with Gasteiger partial charge >= 0.3 is 0 Å². The molecule has 2 amide bonds. The number of hydrogen-bond acceptors (Lipinski definition) is 3. The molecule has 0 aliphatic carbocycles. The Kier molecular flexibility index (Phi) is 4.74. The number of benzene rings is 2. The molecule has 0 bridgehead atoms. The lowest BCUT2D eigenvalue weighted by molar-refractivity contribution is -0.125. The summed E-state index contributed by atoms with van der Waals surface area (Å²) in [5.74, 6) is 0.435. The van der Waals surface area contributed by atoms with E-state index in [1.165, 1.54) is 0 Å². The molecule has 0 radical (unpaired) electrons. The van der Waals surface area contributed by atoms with Gasteiger partial charge in [0, 0.05) is 18.7 Å². The lowest BCUT2D eigenvalue weighted by Crippen LogP contribution is -2.45. The molecule has 1 aliphatic heterocycles. The van der Waals surface area contributed by atoms with Gasteiger partial charge in [-0.1, -0.05) is 30.3 Å². The topological polar surface area (TPSA) is 58.6 Å². The second kappa shape index (κ2) is 6.97. The Morgan fingerprint density at radius 1 is 1.12 bits per heavy atom. The molecule has 5 nitrogen and oxygen atoms in total. The van der Waals surface area contributed by atoms with Crippen LogP contribution in [0.15, 0.2) is 42.5 Å². The van der Waals surface area contributed by atoms with E-state index in [1.807, 2.05) is 56.3 Å². The average Bonchev–Trinajstić information content (AvgIpc) is 2.59. The molecule has 2 aromatic carbocycles. The summed E-state index contributed by atoms with van der Waals surface area (Å²) in [5.41, 5.74) is 3.60. The number of ether oxygens (including phenoxy) is 1. The minimum Gasteiger partial charge on any atom is -0.479 e. The Bertz CT molecular complexity index is 796. The van der Waals surface area contributed by atoms with Crippen molar-refractivity contribution in [2.75, 3.05) is 16.8 Å². The fraction of sp³-hybridized carbons (Fsp3) is 0.300. The predicted octanol–water partition coefficient (Wildman–Crippen LogP) is 3.45. The quantitative estimate of drug-likeness (QED) is 0.929. The number of nitrogens with one attached hydrogen (secondary N) is 1. The normalized spacial score (nSPS) is 16.2. The van der Waals surface area contributed by atoms with E-state index < -0.39 is 6.10 Å². The molecule has 0 unspecified atom stereocenters. The van der Waals surface area contributed by atoms with E-state index in [-0.39, 0.29) is 18.2 Å². The number of hydrogen-bond donors (Lipinski definition) is 1. The van der Waals surface area contributed by atoms with Crippen molar-refractivity contribution in [3.05, 3.63) is 53.6 Å². The van der Waals surface area contributed by atoms with E-state index in [1.54, 1.807) is 11.8 Å². The molecule has 0 fully saturated rings. The zero-order valence-corrected chi connectivity index (χ0v) is 14.7. The van der Waals surface area contributed by atoms with Gasteiger partial charge in [-0.15, -0.1) is 0 Å². The molecule has 1 heterocycles. The SMILES string of the molecule is Cc1cccc(C)c1NC(=O)CCN1C(=O)[C@@H](C)Oc2ccccc21. The number of carbonyl (C=O) groups is 2. The van der Waals surface area contributed by atoms with Gasteiger partial charge in [0.25, 0.3) is 5.91 Å². The van der Waals surface area contributed by atoms with Crippen molar-refractivity contribution < 1.29 is 14.3 Å². The van der Waals surface area contributed by atoms with Crippen LogP contribution in [0.3, 0.4) is 0 Å². The fourth-order valence-corrected chi connectivity index (χ4v) is 3.02. The number of aryl methyl sites for hydroxylation is 2. The molecular weight excluding hydrogens is 316 g/mol. The average molecular weight is 338 g/mol. The molecule has 1 N–H and O–H groups in total. The van der Waals surface area contributed by atoms with Crippen LogP contribution < -0.4 is 15.0 Å². The standard InChI is InChI=1S/C20H22N2O3/c1-13-7-6-8-14(2)19(13)21-18(23)11-12-22-16-9-4-5-10-17(16)25-15(3)20(22)24/h4-10,15H,11-12H2,1-3H3,(H,21,23)/t15-/m1/s1. The number of amides is 2. The van der Waals surface area contributed by atoms with E-state index in [0.717, 1.165) is 16.8 Å². The van der Waals surface area contributed by atoms with Gasteiger partial charge in [-0.2, -0.15) is 0 Å². The molecule has 0 saturated carbocycles. The second-order valence-electron chi connectivity index (χ2n) is 6.28. The van der Waals surface area contributed by atoms with Crippen molar-refractivity contribution in [3.8, 4) is 5.75 Å². The highest BCUT2D eigenvalue weighted by Gasteiger charge is 2.31. The number of fused-ring (bicyclic) bond motifs is 1. The lowest BCUT2D eigenvalue weighted by atomic mass is 10.1. The van der Waals surface area contributed by atoms with Crippen molar-refractivity contribution in [1.82, 2.24) is 0 Å². The third-order valence-electron chi connectivity index (χ3n) is 4.38. The largest absolute Gasteiger partial charge is 0.479 e. The fourth-order valence-electron chi connectivity index (χ4n) is 3.02. The van der Waals surface area contributed by atoms with Crippen LogP contribution in [-0.4, -0.2) is 24.5 Å². The van der Waals surface area contributed by atoms with Gasteiger partial charge in [-0.3, -0.25) is 9.59 Å². The van der Waals surface area contributed by atoms with Crippen LogP contribution in [0.4, 0.5) is 11.4 Å². The molecule has 0 spiro atoms. The van der Waals surface area contributed by atoms with Gasteiger partial charge in [0.15, 0.2) is 6.10 Å². The minimum atomic E-state index is -0.545. The molecule has 0 aromatic heterocycles. The van der Waals surface area contributed by atoms with Crippen molar-refractivity contribution in [2.45, 2.75) is 33.3 Å². The molecule has 25 heavy (non-hydrogen) atoms. The lowest BCUT2D eigenvalue weighted by Gasteiger charge is -2.32. The van der Waals surface area contributed by atoms with Crippen molar-refractivity contribution >= 4 is 23.2 Å². The summed E-state index contributed by atoms with van der Waals surface area (Å²) in [6, 6.07) is 13.3. The maximum atomic E-state index is 12.4. The zero-order chi connectivity index (χ0) is 18.0. The first kappa shape index (κ1) is 17.0. The minimum absolute atomic E-state index is 0.109. The van der Waals surface area contributed by atoms with Gasteiger partial charge in [0.1, 0.15) is 5.75 Å². The van der Waals surface area contributed by atoms with Gasteiger partial charge < -0.3 is 15.0 Å². The summed E-state index contributed by atoms with van der Waals surface area (Å²) < 4.78 is 5.62. The van der Waals surface area contributed by atoms with Crippen LogP contribution in [0.1, 0.15) is 24.5 Å². The van der Waals surface area contributed by atoms with E-state index in [9.17, 15) is 9.59 Å². The first-order valence-electron chi connectivity index (χ1n) is 8.40. The Morgan fingerprint density at radius 3 is 2.52 bits per heavy atom. The summed E-state index contributed by atoms with van der Waals surface area (Å²) in [7, 11) is 0. The van der Waals surface area contributed by atoms with Crippen molar-refractivity contribution in [1.29, 1.82) is 0 Å². The third-order valence-corrected chi connectivity index (χ3v) is 4.38. The van der Waals surface area contributed by atoms with Gasteiger partial charge in [0.05, 0.1) is 5.69 Å². The summed E-state index contributed by atoms with van der Waals surface area (Å²) >= 11 is 0. The molecule has 0 saturated heterocycles. The number of carbonyl (C=O) groups excluding carboxylic acids is 2. The van der Waals surface area contributed by atoms with Gasteiger partial charge in [0.2, 0.25) is 5.91 Å². The van der Waals surface area contributed by atoms with Crippen LogP contribution in [0.5, 0.6) is 5.75 Å². The third kappa shape index (κ3) is 3.50. The maximum absolute atomic E-state index is 12.4. The van der Waals surface area contributed by atoms with Crippen molar-refractivity contribution in [2.24, 2.45) is 0 Å². The summed E-state index contributed by atoms with van der Waals surface area (Å²) in [6.07, 6.45) is -0.322. The second-order valence-corrected chi connectivity index (χ2v) is 6.28. The number of nitrogens with zero attached hydrogens (tertiary/aromatic N) is 1. The van der Waals surface area contributed by atoms with Crippen LogP contribution in [-0.2, 0) is 9.59 Å². The van der Waals surface area contributed by atoms with E-state index in [0.29, 0.717) is 18.0 Å². The molecule has 130 valence electrons. The highest BCUT2D eigenvalue weighted by Crippen LogP contribution is 2.33. The zero-order valence-electron chi connectivity index (χ0n) is 14.7. The smallest absolute Gasteiger partial charge is 0.267 e. The molecule has 1 atom stereocenters. The van der Waals surface area contributed by atoms with Crippen molar-refractivity contribution in [3.63, 3.8) is 0 Å². The van der Waals surface area contributed by atoms with Gasteiger partial charge in [-0.05, 0) is 44.0 Å². The Balaban J connectivity index is 1.71. The Hall–Kier alpha value is -2.82. The number of anilines is 2. The van der Waals surface area contributed by atoms with E-state index >= 15 is 0 Å². The van der Waals surface area contributed by atoms with Crippen LogP contribution in [0, 0.1) is 13.8 Å². The number of rotatable bonds is 4. The molecule has 1 aliphatic rings.